The van der Waals surface area contributed by atoms with Gasteiger partial charge in [-0.2, -0.15) is 0 Å². The predicted molar refractivity (Wildman–Crippen MR) is 69.8 cm³/mol. The molecule has 2 rings (SSSR count). The van der Waals surface area contributed by atoms with Gasteiger partial charge in [-0.1, -0.05) is 0 Å². The molecule has 2 unspecified atom stereocenters. The van der Waals surface area contributed by atoms with Gasteiger partial charge in [0.05, 0.1) is 6.17 Å². The first kappa shape index (κ1) is 12.4. The van der Waals surface area contributed by atoms with Crippen LogP contribution in [-0.4, -0.2) is 48.7 Å². The van der Waals surface area contributed by atoms with E-state index in [0.29, 0.717) is 6.04 Å². The Morgan fingerprint density at radius 3 is 2.71 bits per heavy atom. The largest absolute Gasteiger partial charge is 0.354 e. The minimum atomic E-state index is 0.191. The average molecular weight is 237 g/mol. The van der Waals surface area contributed by atoms with Crippen molar-refractivity contribution in [2.24, 2.45) is 5.73 Å². The maximum atomic E-state index is 5.79. The van der Waals surface area contributed by atoms with Crippen LogP contribution in [0.4, 0.5) is 0 Å². The fraction of sp³-hybridized carbons (Fsp3) is 0.667. The zero-order chi connectivity index (χ0) is 12.1. The zero-order valence-corrected chi connectivity index (χ0v) is 10.5. The topological polar surface area (TPSA) is 56.6 Å². The molecule has 2 aliphatic heterocycles. The first-order valence-corrected chi connectivity index (χ1v) is 6.31. The SMILES string of the molecule is CN1C=CN(CCNC2CCC(N)NC2)C=C1. The summed E-state index contributed by atoms with van der Waals surface area (Å²) in [6, 6.07) is 0.565. The minimum absolute atomic E-state index is 0.191. The molecule has 0 aromatic rings. The molecule has 0 radical (unpaired) electrons. The van der Waals surface area contributed by atoms with Gasteiger partial charge in [0.15, 0.2) is 0 Å². The van der Waals surface area contributed by atoms with Crippen LogP contribution in [0.15, 0.2) is 24.8 Å². The fourth-order valence-electron chi connectivity index (χ4n) is 2.08. The van der Waals surface area contributed by atoms with Crippen LogP contribution in [0.5, 0.6) is 0 Å². The van der Waals surface area contributed by atoms with Gasteiger partial charge in [0, 0.05) is 57.5 Å². The number of nitrogens with one attached hydrogen (secondary N) is 2. The molecule has 2 aliphatic rings. The molecule has 0 aromatic heterocycles. The summed E-state index contributed by atoms with van der Waals surface area (Å²) in [4.78, 5) is 4.23. The Morgan fingerprint density at radius 1 is 1.29 bits per heavy atom. The Labute approximate surface area is 103 Å². The summed E-state index contributed by atoms with van der Waals surface area (Å²) < 4.78 is 0. The second-order valence-electron chi connectivity index (χ2n) is 4.74. The third kappa shape index (κ3) is 4.03. The Bertz CT molecular complexity index is 267. The highest BCUT2D eigenvalue weighted by molar-refractivity contribution is 4.99. The molecule has 0 amide bonds. The van der Waals surface area contributed by atoms with Crippen molar-refractivity contribution < 1.29 is 0 Å². The van der Waals surface area contributed by atoms with Crippen LogP contribution in [0.1, 0.15) is 12.8 Å². The first-order valence-electron chi connectivity index (χ1n) is 6.31. The third-order valence-corrected chi connectivity index (χ3v) is 3.24. The molecule has 0 saturated carbocycles. The van der Waals surface area contributed by atoms with Crippen LogP contribution in [0.25, 0.3) is 0 Å². The van der Waals surface area contributed by atoms with E-state index in [2.05, 4.69) is 40.3 Å². The normalized spacial score (nSPS) is 28.8. The molecular weight excluding hydrogens is 214 g/mol. The summed E-state index contributed by atoms with van der Waals surface area (Å²) in [7, 11) is 2.03. The van der Waals surface area contributed by atoms with Gasteiger partial charge in [0.1, 0.15) is 0 Å². The van der Waals surface area contributed by atoms with Crippen molar-refractivity contribution in [1.29, 1.82) is 0 Å². The van der Waals surface area contributed by atoms with Crippen molar-refractivity contribution in [2.45, 2.75) is 25.0 Å². The Kier molecular flexibility index (Phi) is 4.42. The summed E-state index contributed by atoms with van der Waals surface area (Å²) in [5, 5.41) is 6.85. The van der Waals surface area contributed by atoms with Crippen molar-refractivity contribution in [3.63, 3.8) is 0 Å². The summed E-state index contributed by atoms with van der Waals surface area (Å²) >= 11 is 0. The van der Waals surface area contributed by atoms with Gasteiger partial charge in [-0.25, -0.2) is 0 Å². The summed E-state index contributed by atoms with van der Waals surface area (Å²) in [6.07, 6.45) is 10.7. The molecule has 96 valence electrons. The molecule has 0 spiro atoms. The van der Waals surface area contributed by atoms with Crippen molar-refractivity contribution in [3.05, 3.63) is 24.8 Å². The van der Waals surface area contributed by atoms with E-state index in [0.717, 1.165) is 26.1 Å². The molecule has 4 N–H and O–H groups in total. The number of piperidine rings is 1. The van der Waals surface area contributed by atoms with Gasteiger partial charge in [0.2, 0.25) is 0 Å². The lowest BCUT2D eigenvalue weighted by Crippen LogP contribution is -2.52. The second-order valence-corrected chi connectivity index (χ2v) is 4.74. The highest BCUT2D eigenvalue weighted by atomic mass is 15.2. The van der Waals surface area contributed by atoms with Gasteiger partial charge < -0.3 is 26.2 Å². The van der Waals surface area contributed by atoms with Crippen molar-refractivity contribution >= 4 is 0 Å². The van der Waals surface area contributed by atoms with Crippen LogP contribution in [0.3, 0.4) is 0 Å². The maximum absolute atomic E-state index is 5.79. The maximum Gasteiger partial charge on any atom is 0.0547 e. The van der Waals surface area contributed by atoms with E-state index in [1.807, 2.05) is 11.9 Å². The Balaban J connectivity index is 1.60. The lowest BCUT2D eigenvalue weighted by atomic mass is 10.1. The van der Waals surface area contributed by atoms with E-state index < -0.39 is 0 Å². The molecule has 0 aromatic carbocycles. The molecular formula is C12H23N5. The van der Waals surface area contributed by atoms with E-state index in [4.69, 9.17) is 5.73 Å². The van der Waals surface area contributed by atoms with Crippen LogP contribution in [0.2, 0.25) is 0 Å². The quantitative estimate of drug-likeness (QED) is 0.632. The molecule has 0 bridgehead atoms. The second kappa shape index (κ2) is 6.05. The van der Waals surface area contributed by atoms with Crippen LogP contribution in [-0.2, 0) is 0 Å². The smallest absolute Gasteiger partial charge is 0.0547 e. The van der Waals surface area contributed by atoms with E-state index in [1.165, 1.54) is 6.42 Å². The van der Waals surface area contributed by atoms with Gasteiger partial charge in [-0.15, -0.1) is 0 Å². The molecule has 0 aliphatic carbocycles. The predicted octanol–water partition coefficient (Wildman–Crippen LogP) is -0.197. The summed E-state index contributed by atoms with van der Waals surface area (Å²) in [5.74, 6) is 0. The third-order valence-electron chi connectivity index (χ3n) is 3.24. The standard InChI is InChI=1S/C12H23N5/c1-16-6-8-17(9-7-16)5-4-14-11-2-3-12(13)15-10-11/h6-9,11-12,14-15H,2-5,10,13H2,1H3. The lowest BCUT2D eigenvalue weighted by molar-refractivity contribution is 0.322. The van der Waals surface area contributed by atoms with Gasteiger partial charge >= 0.3 is 0 Å². The molecule has 1 fully saturated rings. The lowest BCUT2D eigenvalue weighted by Gasteiger charge is -2.29. The van der Waals surface area contributed by atoms with E-state index >= 15 is 0 Å². The van der Waals surface area contributed by atoms with E-state index in [-0.39, 0.29) is 6.17 Å². The van der Waals surface area contributed by atoms with E-state index in [9.17, 15) is 0 Å². The van der Waals surface area contributed by atoms with Gasteiger partial charge in [0.25, 0.3) is 0 Å². The first-order chi connectivity index (χ1) is 8.24. The number of hydrogen-bond donors (Lipinski definition) is 3. The Hall–Kier alpha value is -1.04. The fourth-order valence-corrected chi connectivity index (χ4v) is 2.08. The number of nitrogens with zero attached hydrogens (tertiary/aromatic N) is 2. The number of hydrogen-bond acceptors (Lipinski definition) is 5. The minimum Gasteiger partial charge on any atom is -0.354 e. The van der Waals surface area contributed by atoms with Crippen LogP contribution < -0.4 is 16.4 Å². The zero-order valence-electron chi connectivity index (χ0n) is 10.5. The summed E-state index contributed by atoms with van der Waals surface area (Å²) in [5.41, 5.74) is 5.79. The van der Waals surface area contributed by atoms with Crippen LogP contribution >= 0.6 is 0 Å². The average Bonchev–Trinajstić information content (AvgIpc) is 2.34. The van der Waals surface area contributed by atoms with Crippen molar-refractivity contribution in [1.82, 2.24) is 20.4 Å². The van der Waals surface area contributed by atoms with Gasteiger partial charge in [-0.3, -0.25) is 0 Å². The highest BCUT2D eigenvalue weighted by Crippen LogP contribution is 2.05. The molecule has 17 heavy (non-hydrogen) atoms. The highest BCUT2D eigenvalue weighted by Gasteiger charge is 2.16. The Morgan fingerprint density at radius 2 is 2.06 bits per heavy atom. The number of rotatable bonds is 4. The van der Waals surface area contributed by atoms with Crippen molar-refractivity contribution in [2.75, 3.05) is 26.7 Å². The monoisotopic (exact) mass is 237 g/mol. The molecule has 5 heteroatoms. The molecule has 5 nitrogen and oxygen atoms in total. The molecule has 1 saturated heterocycles. The summed E-state index contributed by atoms with van der Waals surface area (Å²) in [6.45, 7) is 2.99. The molecule has 2 atom stereocenters. The van der Waals surface area contributed by atoms with Crippen LogP contribution in [0, 0.1) is 0 Å². The van der Waals surface area contributed by atoms with E-state index in [1.54, 1.807) is 0 Å². The molecule has 2 heterocycles. The van der Waals surface area contributed by atoms with Gasteiger partial charge in [-0.05, 0) is 12.8 Å². The van der Waals surface area contributed by atoms with Crippen molar-refractivity contribution in [3.8, 4) is 0 Å². The number of nitrogens with two attached hydrogens (primary N) is 1.